The predicted molar refractivity (Wildman–Crippen MR) is 107 cm³/mol. The van der Waals surface area contributed by atoms with Gasteiger partial charge in [-0.1, -0.05) is 61.2 Å². The molecule has 1 N–H and O–H groups in total. The van der Waals surface area contributed by atoms with Gasteiger partial charge < -0.3 is 5.32 Å². The highest BCUT2D eigenvalue weighted by Crippen LogP contribution is 2.29. The largest absolute Gasteiger partial charge is 0.416 e. The molecule has 0 saturated heterocycles. The maximum atomic E-state index is 12.9. The number of rotatable bonds is 6. The minimum atomic E-state index is -4.36. The molecule has 1 aliphatic carbocycles. The standard InChI is InChI=1S/C23H21F3N2/c1-2-27-20-10-6-7-11-21(20)28-22(16-17-8-4-3-5-9-17)18-12-14-19(15-13-18)23(24,25)26/h2-5,8-15,27H,1,6-7,16H2/b28-22+. The molecule has 144 valence electrons. The molecule has 5 heteroatoms. The number of aliphatic imine (C=N–C) groups is 1. The smallest absolute Gasteiger partial charge is 0.361 e. The molecule has 0 fully saturated rings. The summed E-state index contributed by atoms with van der Waals surface area (Å²) in [6, 6.07) is 14.9. The van der Waals surface area contributed by atoms with E-state index in [9.17, 15) is 13.2 Å². The molecule has 3 rings (SSSR count). The van der Waals surface area contributed by atoms with Crippen molar-refractivity contribution in [1.29, 1.82) is 0 Å². The summed E-state index contributed by atoms with van der Waals surface area (Å²) in [4.78, 5) is 4.81. The molecule has 2 aromatic carbocycles. The lowest BCUT2D eigenvalue weighted by molar-refractivity contribution is -0.137. The molecule has 0 aromatic heterocycles. The Hall–Kier alpha value is -3.08. The van der Waals surface area contributed by atoms with Crippen molar-refractivity contribution in [2.45, 2.75) is 25.4 Å². The third-order valence-corrected chi connectivity index (χ3v) is 4.40. The first-order valence-electron chi connectivity index (χ1n) is 9.04. The summed E-state index contributed by atoms with van der Waals surface area (Å²) in [6.07, 6.45) is 3.61. The molecule has 2 nitrogen and oxygen atoms in total. The number of halogens is 3. The molecule has 0 unspecified atom stereocenters. The van der Waals surface area contributed by atoms with Crippen LogP contribution in [-0.2, 0) is 12.6 Å². The zero-order chi connectivity index (χ0) is 20.0. The van der Waals surface area contributed by atoms with Gasteiger partial charge in [-0.15, -0.1) is 0 Å². The SMILES string of the molecule is C=CNC1=CCCC=C1/N=C(\Cc1ccccc1)c1ccc(C(F)(F)F)cc1. The molecular weight excluding hydrogens is 361 g/mol. The van der Waals surface area contributed by atoms with E-state index < -0.39 is 11.7 Å². The molecule has 0 amide bonds. The maximum absolute atomic E-state index is 12.9. The van der Waals surface area contributed by atoms with Crippen LogP contribution in [0.15, 0.2) is 95.9 Å². The van der Waals surface area contributed by atoms with Crippen LogP contribution in [0.4, 0.5) is 13.2 Å². The second-order valence-electron chi connectivity index (χ2n) is 6.43. The predicted octanol–water partition coefficient (Wildman–Crippen LogP) is 6.03. The highest BCUT2D eigenvalue weighted by molar-refractivity contribution is 6.02. The van der Waals surface area contributed by atoms with Gasteiger partial charge in [0.2, 0.25) is 0 Å². The van der Waals surface area contributed by atoms with Gasteiger partial charge in [0.1, 0.15) is 0 Å². The van der Waals surface area contributed by atoms with Crippen LogP contribution in [0.25, 0.3) is 0 Å². The van der Waals surface area contributed by atoms with Crippen molar-refractivity contribution in [1.82, 2.24) is 5.32 Å². The van der Waals surface area contributed by atoms with E-state index in [0.29, 0.717) is 17.7 Å². The van der Waals surface area contributed by atoms with Crippen molar-refractivity contribution >= 4 is 5.71 Å². The fourth-order valence-electron chi connectivity index (χ4n) is 3.00. The zero-order valence-corrected chi connectivity index (χ0v) is 15.3. The van der Waals surface area contributed by atoms with Crippen LogP contribution in [0.3, 0.4) is 0 Å². The second kappa shape index (κ2) is 8.74. The molecule has 0 aliphatic heterocycles. The van der Waals surface area contributed by atoms with E-state index in [1.54, 1.807) is 6.20 Å². The Balaban J connectivity index is 1.99. The molecule has 0 bridgehead atoms. The zero-order valence-electron chi connectivity index (χ0n) is 15.3. The lowest BCUT2D eigenvalue weighted by Crippen LogP contribution is -2.13. The summed E-state index contributed by atoms with van der Waals surface area (Å²) >= 11 is 0. The fraction of sp³-hybridized carbons (Fsp3) is 0.174. The Morgan fingerprint density at radius 1 is 1.00 bits per heavy atom. The van der Waals surface area contributed by atoms with E-state index >= 15 is 0 Å². The first-order valence-corrected chi connectivity index (χ1v) is 9.04. The van der Waals surface area contributed by atoms with Gasteiger partial charge in [0.15, 0.2) is 0 Å². The van der Waals surface area contributed by atoms with Crippen LogP contribution in [0.1, 0.15) is 29.5 Å². The molecule has 28 heavy (non-hydrogen) atoms. The van der Waals surface area contributed by atoms with Crippen molar-refractivity contribution in [3.63, 3.8) is 0 Å². The van der Waals surface area contributed by atoms with Crippen molar-refractivity contribution in [2.24, 2.45) is 4.99 Å². The monoisotopic (exact) mass is 382 g/mol. The average molecular weight is 382 g/mol. The normalized spacial score (nSPS) is 14.9. The second-order valence-corrected chi connectivity index (χ2v) is 6.43. The van der Waals surface area contributed by atoms with Crippen molar-refractivity contribution in [3.8, 4) is 0 Å². The molecule has 0 atom stereocenters. The summed E-state index contributed by atoms with van der Waals surface area (Å²) in [5.74, 6) is 0. The molecule has 1 aliphatic rings. The molecule has 0 spiro atoms. The quantitative estimate of drug-likeness (QED) is 0.606. The maximum Gasteiger partial charge on any atom is 0.416 e. The number of hydrogen-bond acceptors (Lipinski definition) is 2. The van der Waals surface area contributed by atoms with Crippen LogP contribution < -0.4 is 5.32 Å². The van der Waals surface area contributed by atoms with E-state index in [-0.39, 0.29) is 0 Å². The number of allylic oxidation sites excluding steroid dienone is 2. The highest BCUT2D eigenvalue weighted by Gasteiger charge is 2.30. The summed E-state index contributed by atoms with van der Waals surface area (Å²) in [7, 11) is 0. The Bertz CT molecular complexity index is 905. The van der Waals surface area contributed by atoms with Gasteiger partial charge in [-0.2, -0.15) is 13.2 Å². The van der Waals surface area contributed by atoms with Gasteiger partial charge in [0.25, 0.3) is 0 Å². The van der Waals surface area contributed by atoms with Crippen LogP contribution in [0.2, 0.25) is 0 Å². The van der Waals surface area contributed by atoms with Crippen LogP contribution >= 0.6 is 0 Å². The Kier molecular flexibility index (Phi) is 6.14. The van der Waals surface area contributed by atoms with Gasteiger partial charge >= 0.3 is 6.18 Å². The topological polar surface area (TPSA) is 24.4 Å². The fourth-order valence-corrected chi connectivity index (χ4v) is 3.00. The summed E-state index contributed by atoms with van der Waals surface area (Å²) in [5, 5.41) is 3.09. The Labute approximate surface area is 162 Å². The minimum Gasteiger partial charge on any atom is -0.361 e. The van der Waals surface area contributed by atoms with Gasteiger partial charge in [0, 0.05) is 6.42 Å². The first kappa shape index (κ1) is 19.7. The summed E-state index contributed by atoms with van der Waals surface area (Å²) in [6.45, 7) is 3.69. The van der Waals surface area contributed by atoms with E-state index in [2.05, 4.69) is 11.9 Å². The van der Waals surface area contributed by atoms with Crippen molar-refractivity contribution < 1.29 is 13.2 Å². The molecule has 2 aromatic rings. The van der Waals surface area contributed by atoms with E-state index in [1.165, 1.54) is 12.1 Å². The molecule has 0 radical (unpaired) electrons. The van der Waals surface area contributed by atoms with Crippen LogP contribution in [0, 0.1) is 0 Å². The third kappa shape index (κ3) is 5.00. The summed E-state index contributed by atoms with van der Waals surface area (Å²) in [5.41, 5.74) is 3.39. The number of benzene rings is 2. The lowest BCUT2D eigenvalue weighted by atomic mass is 10.00. The number of alkyl halides is 3. The van der Waals surface area contributed by atoms with Crippen molar-refractivity contribution in [2.75, 3.05) is 0 Å². The number of nitrogens with zero attached hydrogens (tertiary/aromatic N) is 1. The summed E-state index contributed by atoms with van der Waals surface area (Å²) < 4.78 is 38.7. The van der Waals surface area contributed by atoms with Gasteiger partial charge in [-0.25, -0.2) is 0 Å². The Morgan fingerprint density at radius 2 is 1.68 bits per heavy atom. The van der Waals surface area contributed by atoms with Gasteiger partial charge in [-0.05, 0) is 42.3 Å². The van der Waals surface area contributed by atoms with Crippen LogP contribution in [0.5, 0.6) is 0 Å². The van der Waals surface area contributed by atoms with Crippen LogP contribution in [-0.4, -0.2) is 5.71 Å². The van der Waals surface area contributed by atoms with E-state index in [0.717, 1.165) is 41.9 Å². The molecule has 0 heterocycles. The van der Waals surface area contributed by atoms with Gasteiger partial charge in [0.05, 0.1) is 22.7 Å². The number of nitrogens with one attached hydrogen (secondary N) is 1. The first-order chi connectivity index (χ1) is 13.5. The highest BCUT2D eigenvalue weighted by atomic mass is 19.4. The lowest BCUT2D eigenvalue weighted by Gasteiger charge is -2.15. The third-order valence-electron chi connectivity index (χ3n) is 4.40. The van der Waals surface area contributed by atoms with Gasteiger partial charge in [-0.3, -0.25) is 4.99 Å². The molecule has 0 saturated carbocycles. The average Bonchev–Trinajstić information content (AvgIpc) is 2.69. The Morgan fingerprint density at radius 3 is 2.32 bits per heavy atom. The molecular formula is C23H21F3N2. The minimum absolute atomic E-state index is 0.519. The van der Waals surface area contributed by atoms with Crippen molar-refractivity contribution in [3.05, 3.63) is 108 Å². The number of hydrogen-bond donors (Lipinski definition) is 1. The van der Waals surface area contributed by atoms with E-state index in [4.69, 9.17) is 4.99 Å². The van der Waals surface area contributed by atoms with E-state index in [1.807, 2.05) is 42.5 Å².